The number of hydrogen-bond acceptors (Lipinski definition) is 17. The predicted molar refractivity (Wildman–Crippen MR) is 266 cm³/mol. The number of rotatable bonds is 1. The summed E-state index contributed by atoms with van der Waals surface area (Å²) < 4.78 is 96.5. The first kappa shape index (κ1) is 51.5. The van der Waals surface area contributed by atoms with Crippen molar-refractivity contribution in [2.24, 2.45) is 35.3 Å². The quantitative estimate of drug-likeness (QED) is 0.229. The van der Waals surface area contributed by atoms with Crippen LogP contribution >= 0.6 is 0 Å². The molecule has 0 saturated carbocycles. The molecule has 15 rings (SSSR count). The second-order valence-electron chi connectivity index (χ2n) is 26.5. The highest BCUT2D eigenvalue weighted by Gasteiger charge is 2.66. The number of aliphatic hydroxyl groups is 1. The highest BCUT2D eigenvalue weighted by molar-refractivity contribution is 5.70. The van der Waals surface area contributed by atoms with Crippen LogP contribution in [0.2, 0.25) is 0 Å². The summed E-state index contributed by atoms with van der Waals surface area (Å²) >= 11 is 0. The molecule has 15 fully saturated rings. The summed E-state index contributed by atoms with van der Waals surface area (Å²) in [6, 6.07) is 0. The Morgan fingerprint density at radius 2 is 1.15 bits per heavy atom. The van der Waals surface area contributed by atoms with Gasteiger partial charge in [0.05, 0.1) is 129 Å². The van der Waals surface area contributed by atoms with Crippen molar-refractivity contribution in [2.75, 3.05) is 6.54 Å². The van der Waals surface area contributed by atoms with E-state index in [2.05, 4.69) is 47.8 Å². The number of fused-ring (bicyclic) bond motifs is 10. The van der Waals surface area contributed by atoms with Gasteiger partial charge in [0.2, 0.25) is 0 Å². The molecule has 15 aliphatic heterocycles. The Bertz CT molecular complexity index is 2190. The Morgan fingerprint density at radius 3 is 1.97 bits per heavy atom. The van der Waals surface area contributed by atoms with E-state index in [-0.39, 0.29) is 164 Å². The van der Waals surface area contributed by atoms with E-state index in [0.717, 1.165) is 62.5 Å². The van der Waals surface area contributed by atoms with Gasteiger partial charge in [-0.05, 0) is 73.8 Å². The highest BCUT2D eigenvalue weighted by Crippen LogP contribution is 2.57. The van der Waals surface area contributed by atoms with E-state index in [1.54, 1.807) is 0 Å². The fourth-order valence-corrected chi connectivity index (χ4v) is 17.4. The number of carbonyl (C=O) groups excluding carboxylic acids is 1. The second kappa shape index (κ2) is 19.2. The molecule has 10 bridgehead atoms. The van der Waals surface area contributed by atoms with E-state index in [1.807, 2.05) is 0 Å². The molecule has 418 valence electrons. The predicted octanol–water partition coefficient (Wildman–Crippen LogP) is 6.01. The topological polar surface area (TPSA) is 193 Å². The Hall–Kier alpha value is -1.65. The SMILES string of the molecule is C=C1C[C@@H]2CC[C@]34CC(O3)C3O[C@H]5CC[C@H](CC(=O)O[C@@H]6[C@@H](C)[C@@H]7O[C@@H]8C[C@]9(C[C@@H]%10O[C@]%11(C[C@H](C)[C@@H]%12O[C@H](CN)[C@H](O)C[C@@H]%12O%11)C[C@H](C)[C@@H]%10O9)O[C@@H]8C[C@@H]7O[C@H]6C[C@H]6O[C@@H](CC[C@@H]1O2)C[C@@H](C)C6=C)O[C@@H]5[C@H](O4)C3C. The standard InChI is InChI=1S/C58H85NO16/c1-26-14-33-8-10-37-27(2)15-35(62-37)12-13-56-23-46(72-56)53-32(7)54(75-56)55-38(66-53)11-9-34(64-55)16-48(61)69-52-31(6)51-42(65-41(52)18-39(63-33)30(26)5)19-40-44(67-51)22-58(70-40)24-45-50(74-58)29(4)21-57(73-45)20-28(3)49-43(71-57)17-36(60)47(25-59)68-49/h26,28-29,31-47,49-55,60H,2,5,8-25,59H2,1,3-4,6-7H3/t26-,28+,29+,31+,32?,33+,34-,35+,36-,37+,38+,39-,40-,41+,42+,43+,44-,45+,46?,47-,49+,50+,51+,52-,53?,54-,55+,56+,57-,58+/m1/s1. The van der Waals surface area contributed by atoms with Crippen LogP contribution in [0, 0.1) is 29.6 Å². The zero-order chi connectivity index (χ0) is 51.4. The summed E-state index contributed by atoms with van der Waals surface area (Å²) in [5.41, 5.74) is 8.14. The van der Waals surface area contributed by atoms with Crippen LogP contribution in [0.15, 0.2) is 24.3 Å². The molecule has 17 heteroatoms. The van der Waals surface area contributed by atoms with Crippen LogP contribution in [0.25, 0.3) is 0 Å². The van der Waals surface area contributed by atoms with Crippen LogP contribution in [0.5, 0.6) is 0 Å². The fraction of sp³-hybridized carbons (Fsp3) is 0.914. The van der Waals surface area contributed by atoms with Crippen molar-refractivity contribution in [3.63, 3.8) is 0 Å². The van der Waals surface area contributed by atoms with Gasteiger partial charge in [0, 0.05) is 76.2 Å². The first-order chi connectivity index (χ1) is 36.0. The molecule has 0 aromatic carbocycles. The molecule has 15 heterocycles. The molecule has 30 atom stereocenters. The van der Waals surface area contributed by atoms with Gasteiger partial charge in [0.25, 0.3) is 0 Å². The van der Waals surface area contributed by atoms with Crippen molar-refractivity contribution in [1.82, 2.24) is 0 Å². The molecule has 0 aromatic heterocycles. The van der Waals surface area contributed by atoms with Gasteiger partial charge in [-0.2, -0.15) is 0 Å². The minimum Gasteiger partial charge on any atom is -0.459 e. The molecular weight excluding hydrogens is 967 g/mol. The molecule has 15 saturated heterocycles. The monoisotopic (exact) mass is 1050 g/mol. The molecule has 75 heavy (non-hydrogen) atoms. The lowest BCUT2D eigenvalue weighted by molar-refractivity contribution is -0.370. The third-order valence-electron chi connectivity index (χ3n) is 21.2. The highest BCUT2D eigenvalue weighted by atomic mass is 16.8. The summed E-state index contributed by atoms with van der Waals surface area (Å²) in [6.45, 7) is 20.4. The Labute approximate surface area is 442 Å². The van der Waals surface area contributed by atoms with Crippen LogP contribution in [0.4, 0.5) is 0 Å². The molecule has 15 aliphatic rings. The lowest BCUT2D eigenvalue weighted by Crippen LogP contribution is -2.63. The molecule has 0 amide bonds. The molecule has 0 aliphatic carbocycles. The van der Waals surface area contributed by atoms with E-state index in [1.165, 1.54) is 0 Å². The van der Waals surface area contributed by atoms with Crippen molar-refractivity contribution in [1.29, 1.82) is 0 Å². The Balaban J connectivity index is 0.695. The molecular formula is C58H85NO16. The maximum atomic E-state index is 14.5. The second-order valence-corrected chi connectivity index (χ2v) is 26.5. The lowest BCUT2D eigenvalue weighted by Gasteiger charge is -2.54. The van der Waals surface area contributed by atoms with Crippen LogP contribution in [0.3, 0.4) is 0 Å². The molecule has 3 spiro atoms. The molecule has 0 radical (unpaired) electrons. The van der Waals surface area contributed by atoms with Gasteiger partial charge in [0.15, 0.2) is 17.4 Å². The molecule has 17 nitrogen and oxygen atoms in total. The number of hydrogen-bond donors (Lipinski definition) is 2. The van der Waals surface area contributed by atoms with Crippen molar-refractivity contribution < 1.29 is 76.2 Å². The third-order valence-corrected chi connectivity index (χ3v) is 21.2. The van der Waals surface area contributed by atoms with Gasteiger partial charge >= 0.3 is 5.97 Å². The third kappa shape index (κ3) is 9.01. The average molecular weight is 1050 g/mol. The summed E-state index contributed by atoms with van der Waals surface area (Å²) in [7, 11) is 0. The number of aliphatic hydroxyl groups excluding tert-OH is 1. The van der Waals surface area contributed by atoms with Gasteiger partial charge in [-0.25, -0.2) is 0 Å². The maximum absolute atomic E-state index is 14.5. The minimum absolute atomic E-state index is 0.00254. The Morgan fingerprint density at radius 1 is 0.507 bits per heavy atom. The van der Waals surface area contributed by atoms with Crippen LogP contribution in [-0.4, -0.2) is 169 Å². The van der Waals surface area contributed by atoms with Crippen molar-refractivity contribution >= 4 is 5.97 Å². The van der Waals surface area contributed by atoms with Crippen molar-refractivity contribution in [3.8, 4) is 0 Å². The van der Waals surface area contributed by atoms with Gasteiger partial charge < -0.3 is 77.2 Å². The van der Waals surface area contributed by atoms with E-state index in [0.29, 0.717) is 51.4 Å². The first-order valence-electron chi connectivity index (χ1n) is 29.6. The summed E-state index contributed by atoms with van der Waals surface area (Å²) in [6.07, 6.45) is 5.73. The number of carbonyl (C=O) groups is 1. The summed E-state index contributed by atoms with van der Waals surface area (Å²) in [5, 5.41) is 10.9. The van der Waals surface area contributed by atoms with Crippen LogP contribution < -0.4 is 5.73 Å². The van der Waals surface area contributed by atoms with E-state index < -0.39 is 35.7 Å². The number of esters is 1. The lowest BCUT2D eigenvalue weighted by atomic mass is 9.78. The van der Waals surface area contributed by atoms with Gasteiger partial charge in [0.1, 0.15) is 12.2 Å². The molecule has 3 N–H and O–H groups in total. The average Bonchev–Trinajstić information content (AvgIpc) is 4.07. The van der Waals surface area contributed by atoms with Gasteiger partial charge in [-0.3, -0.25) is 4.79 Å². The summed E-state index contributed by atoms with van der Waals surface area (Å²) in [4.78, 5) is 14.5. The maximum Gasteiger partial charge on any atom is 0.308 e. The largest absolute Gasteiger partial charge is 0.459 e. The zero-order valence-corrected chi connectivity index (χ0v) is 44.9. The molecule has 3 unspecified atom stereocenters. The number of ether oxygens (including phenoxy) is 14. The first-order valence-corrected chi connectivity index (χ1v) is 29.6. The van der Waals surface area contributed by atoms with E-state index >= 15 is 0 Å². The normalized spacial score (nSPS) is 58.3. The van der Waals surface area contributed by atoms with Crippen LogP contribution in [0.1, 0.15) is 144 Å². The zero-order valence-electron chi connectivity index (χ0n) is 44.9. The Kier molecular flexibility index (Phi) is 13.2. The smallest absolute Gasteiger partial charge is 0.308 e. The fourth-order valence-electron chi connectivity index (χ4n) is 17.4. The van der Waals surface area contributed by atoms with Gasteiger partial charge in [-0.1, -0.05) is 47.8 Å². The minimum atomic E-state index is -0.891. The van der Waals surface area contributed by atoms with Crippen molar-refractivity contribution in [2.45, 2.75) is 295 Å². The van der Waals surface area contributed by atoms with Crippen LogP contribution in [-0.2, 0) is 71.1 Å². The summed E-state index contributed by atoms with van der Waals surface area (Å²) in [5.74, 6) is -2.32. The number of nitrogens with two attached hydrogens (primary N) is 1. The van der Waals surface area contributed by atoms with Gasteiger partial charge in [-0.15, -0.1) is 0 Å². The van der Waals surface area contributed by atoms with Crippen molar-refractivity contribution in [3.05, 3.63) is 24.3 Å². The van der Waals surface area contributed by atoms with E-state index in [4.69, 9.17) is 72.0 Å². The van der Waals surface area contributed by atoms with E-state index in [9.17, 15) is 9.90 Å². The molecule has 0 aromatic rings.